The fourth-order valence-corrected chi connectivity index (χ4v) is 4.75. The molecular weight excluding hydrogens is 368 g/mol. The molecule has 1 aromatic carbocycles. The Hall–Kier alpha value is -1.70. The fraction of sp³-hybridized carbons (Fsp3) is 0.421. The molecule has 26 heavy (non-hydrogen) atoms. The largest absolute Gasteiger partial charge is 0.350 e. The van der Waals surface area contributed by atoms with Gasteiger partial charge in [0.05, 0.1) is 22.3 Å². The van der Waals surface area contributed by atoms with Crippen molar-refractivity contribution in [3.8, 4) is 0 Å². The number of carbonyl (C=O) groups is 1. The van der Waals surface area contributed by atoms with E-state index in [1.807, 2.05) is 5.38 Å². The zero-order valence-corrected chi connectivity index (χ0v) is 17.1. The van der Waals surface area contributed by atoms with E-state index in [1.165, 1.54) is 6.07 Å². The molecule has 142 valence electrons. The number of sulfone groups is 1. The van der Waals surface area contributed by atoms with E-state index in [0.717, 1.165) is 18.7 Å². The van der Waals surface area contributed by atoms with Gasteiger partial charge in [-0.3, -0.25) is 9.69 Å². The number of hydrogen-bond acceptors (Lipinski definition) is 5. The van der Waals surface area contributed by atoms with Crippen molar-refractivity contribution >= 4 is 27.1 Å². The van der Waals surface area contributed by atoms with Gasteiger partial charge in [-0.2, -0.15) is 11.3 Å². The number of carbonyl (C=O) groups excluding carboxylic acids is 1. The van der Waals surface area contributed by atoms with Crippen molar-refractivity contribution in [2.24, 2.45) is 0 Å². The van der Waals surface area contributed by atoms with Gasteiger partial charge in [-0.25, -0.2) is 8.42 Å². The number of nitrogens with zero attached hydrogens (tertiary/aromatic N) is 1. The standard InChI is InChI=1S/C19H26N2O3S2/c1-4-21(5-2)17(15-11-12-25-14-15)13-20-19(22)16-9-7-8-10-18(16)26(23,24)6-3/h7-12,14,17H,4-6,13H2,1-3H3,(H,20,22)/t17-/m0/s1. The average Bonchev–Trinajstić information content (AvgIpc) is 3.19. The second-order valence-corrected chi connectivity index (χ2v) is 8.93. The summed E-state index contributed by atoms with van der Waals surface area (Å²) in [6.07, 6.45) is 0. The summed E-state index contributed by atoms with van der Waals surface area (Å²) < 4.78 is 24.5. The van der Waals surface area contributed by atoms with Gasteiger partial charge in [0.25, 0.3) is 5.91 Å². The molecule has 0 fully saturated rings. The molecule has 1 N–H and O–H groups in total. The quantitative estimate of drug-likeness (QED) is 0.708. The molecule has 1 aromatic heterocycles. The van der Waals surface area contributed by atoms with Crippen LogP contribution in [0.2, 0.25) is 0 Å². The summed E-state index contributed by atoms with van der Waals surface area (Å²) in [5.41, 5.74) is 1.37. The third-order valence-corrected chi connectivity index (χ3v) is 6.97. The third-order valence-electron chi connectivity index (χ3n) is 4.48. The van der Waals surface area contributed by atoms with Gasteiger partial charge in [0, 0.05) is 6.54 Å². The van der Waals surface area contributed by atoms with Crippen molar-refractivity contribution in [1.29, 1.82) is 0 Å². The van der Waals surface area contributed by atoms with Crippen molar-refractivity contribution in [1.82, 2.24) is 10.2 Å². The second kappa shape index (κ2) is 9.30. The highest BCUT2D eigenvalue weighted by atomic mass is 32.2. The summed E-state index contributed by atoms with van der Waals surface area (Å²) in [5, 5.41) is 7.05. The van der Waals surface area contributed by atoms with E-state index in [1.54, 1.807) is 36.5 Å². The van der Waals surface area contributed by atoms with Crippen LogP contribution in [-0.2, 0) is 9.84 Å². The Balaban J connectivity index is 2.22. The van der Waals surface area contributed by atoms with Crippen molar-refractivity contribution in [3.05, 3.63) is 52.2 Å². The maximum atomic E-state index is 12.7. The summed E-state index contributed by atoms with van der Waals surface area (Å²) in [6.45, 7) is 7.93. The van der Waals surface area contributed by atoms with Crippen LogP contribution in [0.4, 0.5) is 0 Å². The zero-order valence-electron chi connectivity index (χ0n) is 15.4. The van der Waals surface area contributed by atoms with E-state index in [9.17, 15) is 13.2 Å². The normalized spacial score (nSPS) is 12.9. The first kappa shape index (κ1) is 20.6. The number of likely N-dealkylation sites (N-methyl/N-ethyl adjacent to an activating group) is 1. The minimum atomic E-state index is -3.45. The van der Waals surface area contributed by atoms with Gasteiger partial charge < -0.3 is 5.32 Å². The first-order valence-corrected chi connectivity index (χ1v) is 11.4. The molecule has 0 spiro atoms. The van der Waals surface area contributed by atoms with Crippen molar-refractivity contribution < 1.29 is 13.2 Å². The van der Waals surface area contributed by atoms with Gasteiger partial charge in [0.15, 0.2) is 9.84 Å². The minimum absolute atomic E-state index is 0.0335. The summed E-state index contributed by atoms with van der Waals surface area (Å²) in [6, 6.07) is 8.52. The first-order valence-electron chi connectivity index (χ1n) is 8.80. The van der Waals surface area contributed by atoms with Crippen LogP contribution in [0.25, 0.3) is 0 Å². The van der Waals surface area contributed by atoms with E-state index < -0.39 is 9.84 Å². The smallest absolute Gasteiger partial charge is 0.252 e. The van der Waals surface area contributed by atoms with E-state index >= 15 is 0 Å². The molecule has 2 aromatic rings. The van der Waals surface area contributed by atoms with Crippen LogP contribution in [0.5, 0.6) is 0 Å². The Bertz CT molecular complexity index is 813. The Morgan fingerprint density at radius 1 is 1.15 bits per heavy atom. The lowest BCUT2D eigenvalue weighted by molar-refractivity contribution is 0.0931. The summed E-state index contributed by atoms with van der Waals surface area (Å²) >= 11 is 1.63. The number of rotatable bonds is 9. The lowest BCUT2D eigenvalue weighted by Gasteiger charge is -2.29. The molecule has 0 saturated heterocycles. The van der Waals surface area contributed by atoms with Crippen molar-refractivity contribution in [2.75, 3.05) is 25.4 Å². The molecule has 7 heteroatoms. The van der Waals surface area contributed by atoms with Crippen LogP contribution in [0, 0.1) is 0 Å². The monoisotopic (exact) mass is 394 g/mol. The summed E-state index contributed by atoms with van der Waals surface area (Å²) in [4.78, 5) is 15.1. The Morgan fingerprint density at radius 3 is 2.42 bits per heavy atom. The van der Waals surface area contributed by atoms with Crippen molar-refractivity contribution in [3.63, 3.8) is 0 Å². The average molecular weight is 395 g/mol. The van der Waals surface area contributed by atoms with Gasteiger partial charge in [0.2, 0.25) is 0 Å². The van der Waals surface area contributed by atoms with Crippen molar-refractivity contribution in [2.45, 2.75) is 31.7 Å². The molecule has 0 unspecified atom stereocenters. The van der Waals surface area contributed by atoms with Crippen LogP contribution in [0.15, 0.2) is 46.0 Å². The lowest BCUT2D eigenvalue weighted by atomic mass is 10.1. The molecule has 1 atom stereocenters. The Labute approximate surface area is 160 Å². The van der Waals surface area contributed by atoms with E-state index in [4.69, 9.17) is 0 Å². The zero-order chi connectivity index (χ0) is 19.2. The van der Waals surface area contributed by atoms with Gasteiger partial charge >= 0.3 is 0 Å². The number of nitrogens with one attached hydrogen (secondary N) is 1. The topological polar surface area (TPSA) is 66.5 Å². The Kier molecular flexibility index (Phi) is 7.37. The number of thiophene rings is 1. The molecular formula is C19H26N2O3S2. The Morgan fingerprint density at radius 2 is 1.85 bits per heavy atom. The first-order chi connectivity index (χ1) is 12.4. The van der Waals surface area contributed by atoms with E-state index in [-0.39, 0.29) is 28.2 Å². The summed E-state index contributed by atoms with van der Waals surface area (Å²) in [7, 11) is -3.45. The molecule has 0 aliphatic heterocycles. The molecule has 5 nitrogen and oxygen atoms in total. The highest BCUT2D eigenvalue weighted by Crippen LogP contribution is 2.23. The van der Waals surface area contributed by atoms with Gasteiger partial charge in [-0.1, -0.05) is 32.9 Å². The highest BCUT2D eigenvalue weighted by molar-refractivity contribution is 7.91. The van der Waals surface area contributed by atoms with Crippen LogP contribution in [0.3, 0.4) is 0 Å². The number of amides is 1. The molecule has 1 amide bonds. The molecule has 0 bridgehead atoms. The van der Waals surface area contributed by atoms with Crippen LogP contribution in [-0.4, -0.2) is 44.6 Å². The van der Waals surface area contributed by atoms with Crippen LogP contribution in [0.1, 0.15) is 42.7 Å². The lowest BCUT2D eigenvalue weighted by Crippen LogP contribution is -2.38. The number of benzene rings is 1. The maximum Gasteiger partial charge on any atom is 0.252 e. The number of hydrogen-bond donors (Lipinski definition) is 1. The molecule has 0 saturated carbocycles. The molecule has 2 rings (SSSR count). The molecule has 1 heterocycles. The SMILES string of the molecule is CCN(CC)[C@@H](CNC(=O)c1ccccc1S(=O)(=O)CC)c1ccsc1. The fourth-order valence-electron chi connectivity index (χ4n) is 2.95. The van der Waals surface area contributed by atoms with Gasteiger partial charge in [0.1, 0.15) is 0 Å². The minimum Gasteiger partial charge on any atom is -0.350 e. The van der Waals surface area contributed by atoms with E-state index in [0.29, 0.717) is 6.54 Å². The van der Waals surface area contributed by atoms with E-state index in [2.05, 4.69) is 35.5 Å². The molecule has 0 radical (unpaired) electrons. The van der Waals surface area contributed by atoms with Crippen LogP contribution < -0.4 is 5.32 Å². The predicted octanol–water partition coefficient (Wildman–Crippen LogP) is 3.35. The molecule has 0 aliphatic carbocycles. The third kappa shape index (κ3) is 4.72. The predicted molar refractivity (Wildman–Crippen MR) is 106 cm³/mol. The second-order valence-electron chi connectivity index (χ2n) is 5.90. The highest BCUT2D eigenvalue weighted by Gasteiger charge is 2.23. The van der Waals surface area contributed by atoms with Crippen LogP contribution >= 0.6 is 11.3 Å². The maximum absolute atomic E-state index is 12.7. The summed E-state index contributed by atoms with van der Waals surface area (Å²) in [5.74, 6) is -0.390. The van der Waals surface area contributed by atoms with Gasteiger partial charge in [-0.15, -0.1) is 0 Å². The molecule has 0 aliphatic rings. The van der Waals surface area contributed by atoms with Gasteiger partial charge in [-0.05, 0) is 47.6 Å².